The summed E-state index contributed by atoms with van der Waals surface area (Å²) in [5.41, 5.74) is 6.59. The first-order valence-electron chi connectivity index (χ1n) is 10.8. The van der Waals surface area contributed by atoms with Crippen LogP contribution in [0.5, 0.6) is 0 Å². The number of nitrogen functional groups attached to an aromatic ring is 1. The van der Waals surface area contributed by atoms with Gasteiger partial charge in [0, 0.05) is 44.8 Å². The summed E-state index contributed by atoms with van der Waals surface area (Å²) < 4.78 is 33.1. The lowest BCUT2D eigenvalue weighted by molar-refractivity contribution is 0.0383. The molecule has 11 heteroatoms. The van der Waals surface area contributed by atoms with Gasteiger partial charge in [-0.05, 0) is 18.9 Å². The number of amides is 1. The van der Waals surface area contributed by atoms with Gasteiger partial charge >= 0.3 is 0 Å². The van der Waals surface area contributed by atoms with E-state index >= 15 is 0 Å². The minimum Gasteiger partial charge on any atom is -0.382 e. The number of hydrogen-bond acceptors (Lipinski definition) is 8. The Bertz CT molecular complexity index is 1070. The van der Waals surface area contributed by atoms with Crippen molar-refractivity contribution in [1.82, 2.24) is 24.5 Å². The Hall–Kier alpha value is -2.60. The van der Waals surface area contributed by atoms with Gasteiger partial charge in [0.25, 0.3) is 5.91 Å². The molecule has 0 spiro atoms. The lowest BCUT2D eigenvalue weighted by Crippen LogP contribution is -2.41. The van der Waals surface area contributed by atoms with E-state index in [1.54, 1.807) is 24.3 Å². The van der Waals surface area contributed by atoms with Gasteiger partial charge in [-0.2, -0.15) is 4.31 Å². The van der Waals surface area contributed by atoms with E-state index in [1.807, 2.05) is 0 Å². The molecule has 4 rings (SSSR count). The van der Waals surface area contributed by atoms with Crippen LogP contribution in [0.4, 0.5) is 5.82 Å². The molecule has 2 aromatic rings. The molecule has 0 unspecified atom stereocenters. The topological polar surface area (TPSA) is 131 Å². The fourth-order valence-electron chi connectivity index (χ4n) is 3.90. The molecule has 3 heterocycles. The molecule has 1 aromatic heterocycles. The lowest BCUT2D eigenvalue weighted by Gasteiger charge is -2.26. The van der Waals surface area contributed by atoms with Crippen molar-refractivity contribution < 1.29 is 17.9 Å². The molecule has 3 N–H and O–H groups in total. The maximum Gasteiger partial charge on any atom is 0.273 e. The third-order valence-corrected chi connectivity index (χ3v) is 7.64. The van der Waals surface area contributed by atoms with Crippen LogP contribution in [0.25, 0.3) is 11.3 Å². The average molecular weight is 461 g/mol. The number of sulfonamides is 1. The van der Waals surface area contributed by atoms with E-state index in [0.717, 1.165) is 25.9 Å². The van der Waals surface area contributed by atoms with Gasteiger partial charge in [0.05, 0.1) is 30.0 Å². The second kappa shape index (κ2) is 9.90. The lowest BCUT2D eigenvalue weighted by atomic mass is 10.1. The summed E-state index contributed by atoms with van der Waals surface area (Å²) in [5.74, 6) is -0.442. The number of benzene rings is 1. The van der Waals surface area contributed by atoms with Gasteiger partial charge in [0.15, 0.2) is 11.5 Å². The summed E-state index contributed by atoms with van der Waals surface area (Å²) in [7, 11) is -3.67. The third-order valence-electron chi connectivity index (χ3n) is 5.68. The number of aromatic nitrogens is 2. The van der Waals surface area contributed by atoms with Crippen LogP contribution < -0.4 is 11.1 Å². The van der Waals surface area contributed by atoms with Crippen molar-refractivity contribution in [3.05, 3.63) is 36.2 Å². The Morgan fingerprint density at radius 2 is 1.84 bits per heavy atom. The van der Waals surface area contributed by atoms with Crippen molar-refractivity contribution >= 4 is 21.7 Å². The number of anilines is 1. The van der Waals surface area contributed by atoms with E-state index in [-0.39, 0.29) is 22.1 Å². The molecular formula is C21H28N6O4S. The fraction of sp³-hybridized carbons (Fsp3) is 0.476. The summed E-state index contributed by atoms with van der Waals surface area (Å²) in [5, 5.41) is 2.82. The SMILES string of the molecule is Nc1ncc(-c2ccccc2S(=O)(=O)N2CCCC2)nc1C(=O)NCCN1CCOCC1. The highest BCUT2D eigenvalue weighted by Crippen LogP contribution is 2.30. The summed E-state index contributed by atoms with van der Waals surface area (Å²) in [4.78, 5) is 23.6. The van der Waals surface area contributed by atoms with Gasteiger partial charge in [-0.1, -0.05) is 18.2 Å². The van der Waals surface area contributed by atoms with E-state index in [0.29, 0.717) is 45.0 Å². The molecule has 1 amide bonds. The average Bonchev–Trinajstić information content (AvgIpc) is 3.36. The first-order chi connectivity index (χ1) is 15.5. The maximum absolute atomic E-state index is 13.2. The smallest absolute Gasteiger partial charge is 0.273 e. The van der Waals surface area contributed by atoms with Gasteiger partial charge in [0.1, 0.15) is 0 Å². The quantitative estimate of drug-likeness (QED) is 0.613. The highest BCUT2D eigenvalue weighted by Gasteiger charge is 2.30. The van der Waals surface area contributed by atoms with Crippen LogP contribution in [0, 0.1) is 0 Å². The minimum absolute atomic E-state index is 0.00231. The van der Waals surface area contributed by atoms with Crippen molar-refractivity contribution in [3.8, 4) is 11.3 Å². The third kappa shape index (κ3) is 4.90. The van der Waals surface area contributed by atoms with Gasteiger partial charge in [-0.3, -0.25) is 9.69 Å². The van der Waals surface area contributed by atoms with Crippen LogP contribution in [0.15, 0.2) is 35.4 Å². The molecule has 172 valence electrons. The second-order valence-electron chi connectivity index (χ2n) is 7.81. The zero-order valence-electron chi connectivity index (χ0n) is 17.9. The second-order valence-corrected chi connectivity index (χ2v) is 9.71. The van der Waals surface area contributed by atoms with Gasteiger partial charge in [-0.25, -0.2) is 18.4 Å². The highest BCUT2D eigenvalue weighted by molar-refractivity contribution is 7.89. The maximum atomic E-state index is 13.2. The first kappa shape index (κ1) is 22.6. The van der Waals surface area contributed by atoms with E-state index in [1.165, 1.54) is 10.5 Å². The zero-order chi connectivity index (χ0) is 22.6. The largest absolute Gasteiger partial charge is 0.382 e. The molecule has 2 aliphatic rings. The molecule has 32 heavy (non-hydrogen) atoms. The number of hydrogen-bond donors (Lipinski definition) is 2. The number of nitrogens with one attached hydrogen (secondary N) is 1. The van der Waals surface area contributed by atoms with Crippen molar-refractivity contribution in [3.63, 3.8) is 0 Å². The molecule has 0 aliphatic carbocycles. The Balaban J connectivity index is 1.54. The Labute approximate surface area is 187 Å². The fourth-order valence-corrected chi connectivity index (χ4v) is 5.62. The molecule has 2 fully saturated rings. The Morgan fingerprint density at radius 1 is 1.12 bits per heavy atom. The molecule has 0 bridgehead atoms. The summed E-state index contributed by atoms with van der Waals surface area (Å²) >= 11 is 0. The molecule has 10 nitrogen and oxygen atoms in total. The van der Waals surface area contributed by atoms with E-state index < -0.39 is 15.9 Å². The predicted octanol–water partition coefficient (Wildman–Crippen LogP) is 0.572. The standard InChI is InChI=1S/C21H28N6O4S/c22-20-19(21(28)23-7-10-26-11-13-31-14-12-26)25-17(15-24-20)16-5-1-2-6-18(16)32(29,30)27-8-3-4-9-27/h1-2,5-6,15H,3-4,7-14H2,(H2,22,24)(H,23,28). The molecule has 2 saturated heterocycles. The van der Waals surface area contributed by atoms with Crippen LogP contribution in [0.1, 0.15) is 23.3 Å². The van der Waals surface area contributed by atoms with Gasteiger partial charge in [-0.15, -0.1) is 0 Å². The van der Waals surface area contributed by atoms with Crippen molar-refractivity contribution in [1.29, 1.82) is 0 Å². The first-order valence-corrected chi connectivity index (χ1v) is 12.2. The van der Waals surface area contributed by atoms with E-state index in [4.69, 9.17) is 10.5 Å². The van der Waals surface area contributed by atoms with Crippen molar-refractivity contribution in [2.24, 2.45) is 0 Å². The number of morpholine rings is 1. The van der Waals surface area contributed by atoms with Crippen LogP contribution in [0.2, 0.25) is 0 Å². The summed E-state index contributed by atoms with van der Waals surface area (Å²) in [6.07, 6.45) is 3.09. The summed E-state index contributed by atoms with van der Waals surface area (Å²) in [6, 6.07) is 6.64. The number of ether oxygens (including phenoxy) is 1. The molecule has 0 radical (unpaired) electrons. The van der Waals surface area contributed by atoms with E-state index in [9.17, 15) is 13.2 Å². The van der Waals surface area contributed by atoms with Crippen LogP contribution in [-0.4, -0.2) is 86.0 Å². The highest BCUT2D eigenvalue weighted by atomic mass is 32.2. The number of nitrogens with zero attached hydrogens (tertiary/aromatic N) is 4. The van der Waals surface area contributed by atoms with Crippen molar-refractivity contribution in [2.45, 2.75) is 17.7 Å². The van der Waals surface area contributed by atoms with Gasteiger partial charge in [0.2, 0.25) is 10.0 Å². The molecule has 2 aliphatic heterocycles. The Morgan fingerprint density at radius 3 is 2.59 bits per heavy atom. The molecule has 1 aromatic carbocycles. The Kier molecular flexibility index (Phi) is 6.99. The van der Waals surface area contributed by atoms with Gasteiger partial charge < -0.3 is 15.8 Å². The minimum atomic E-state index is -3.67. The predicted molar refractivity (Wildman–Crippen MR) is 119 cm³/mol. The molecule has 0 atom stereocenters. The monoisotopic (exact) mass is 460 g/mol. The van der Waals surface area contributed by atoms with Crippen LogP contribution in [-0.2, 0) is 14.8 Å². The number of rotatable bonds is 7. The normalized spacial score (nSPS) is 18.0. The van der Waals surface area contributed by atoms with Crippen LogP contribution in [0.3, 0.4) is 0 Å². The van der Waals surface area contributed by atoms with Crippen LogP contribution >= 0.6 is 0 Å². The van der Waals surface area contributed by atoms with Crippen molar-refractivity contribution in [2.75, 3.05) is 58.2 Å². The summed E-state index contributed by atoms with van der Waals surface area (Å²) in [6.45, 7) is 5.17. The number of carbonyl (C=O) groups is 1. The number of carbonyl (C=O) groups excluding carboxylic acids is 1. The molecular weight excluding hydrogens is 432 g/mol. The van der Waals surface area contributed by atoms with E-state index in [2.05, 4.69) is 20.2 Å². The molecule has 0 saturated carbocycles. The zero-order valence-corrected chi connectivity index (χ0v) is 18.7. The number of nitrogens with two attached hydrogens (primary N) is 1.